The Morgan fingerprint density at radius 3 is 2.45 bits per heavy atom. The Kier molecular flexibility index (Phi) is 1.94. The van der Waals surface area contributed by atoms with Crippen molar-refractivity contribution < 1.29 is 10.2 Å². The summed E-state index contributed by atoms with van der Waals surface area (Å²) in [4.78, 5) is 2.36. The van der Waals surface area contributed by atoms with Gasteiger partial charge in [0.05, 0.1) is 0 Å². The highest BCUT2D eigenvalue weighted by molar-refractivity contribution is 5.56. The number of aromatic nitrogens is 1. The second-order valence-electron chi connectivity index (χ2n) is 2.72. The summed E-state index contributed by atoms with van der Waals surface area (Å²) < 4.78 is 0. The molecule has 62 valence electrons. The van der Waals surface area contributed by atoms with Crippen LogP contribution in [-0.2, 0) is 0 Å². The molecule has 0 aliphatic carbocycles. The van der Waals surface area contributed by atoms with Crippen molar-refractivity contribution in [3.63, 3.8) is 0 Å². The van der Waals surface area contributed by atoms with Crippen molar-refractivity contribution >= 4 is 5.69 Å². The van der Waals surface area contributed by atoms with Crippen LogP contribution in [0, 0.1) is 0 Å². The van der Waals surface area contributed by atoms with Gasteiger partial charge >= 0.3 is 0 Å². The zero-order chi connectivity index (χ0) is 8.43. The van der Waals surface area contributed by atoms with Gasteiger partial charge in [-0.3, -0.25) is 4.98 Å². The third-order valence-electron chi connectivity index (χ3n) is 1.23. The second kappa shape index (κ2) is 2.74. The van der Waals surface area contributed by atoms with E-state index in [0.717, 1.165) is 0 Å². The molecule has 0 spiro atoms. The molecule has 4 nitrogen and oxygen atoms in total. The molecule has 0 aromatic carbocycles. The number of hydrogen-bond acceptors (Lipinski definition) is 3. The molecule has 1 aromatic rings. The van der Waals surface area contributed by atoms with E-state index in [1.807, 2.05) is 13.8 Å². The molecule has 4 heteroatoms. The lowest BCUT2D eigenvalue weighted by molar-refractivity contribution is 0.426. The molecule has 1 aromatic heterocycles. The Bertz CT molecular complexity index is 243. The molecule has 0 bridgehead atoms. The maximum atomic E-state index is 9.10. The summed E-state index contributed by atoms with van der Waals surface area (Å²) in [5.74, 6) is -0.0677. The van der Waals surface area contributed by atoms with Crippen LogP contribution in [-0.4, -0.2) is 21.2 Å². The van der Waals surface area contributed by atoms with Crippen LogP contribution in [0.4, 0.5) is 5.69 Å². The highest BCUT2D eigenvalue weighted by atomic mass is 16.3. The molecule has 0 saturated heterocycles. The fourth-order valence-corrected chi connectivity index (χ4v) is 0.851. The molecule has 0 amide bonds. The molecule has 11 heavy (non-hydrogen) atoms. The van der Waals surface area contributed by atoms with E-state index < -0.39 is 0 Å². The third-order valence-corrected chi connectivity index (χ3v) is 1.23. The van der Waals surface area contributed by atoms with Gasteiger partial charge in [-0.1, -0.05) is 0 Å². The van der Waals surface area contributed by atoms with Crippen molar-refractivity contribution in [2.45, 2.75) is 19.9 Å². The van der Waals surface area contributed by atoms with Crippen molar-refractivity contribution in [3.8, 4) is 11.8 Å². The number of anilines is 1. The molecule has 1 heterocycles. The number of rotatable bonds is 2. The van der Waals surface area contributed by atoms with E-state index in [9.17, 15) is 0 Å². The fourth-order valence-electron chi connectivity index (χ4n) is 0.851. The van der Waals surface area contributed by atoms with Crippen molar-refractivity contribution in [3.05, 3.63) is 6.07 Å². The van der Waals surface area contributed by atoms with Gasteiger partial charge in [-0.2, -0.15) is 0 Å². The minimum atomic E-state index is -0.0364. The smallest absolute Gasteiger partial charge is 0.215 e. The first kappa shape index (κ1) is 7.78. The lowest BCUT2D eigenvalue weighted by atomic mass is 10.3. The predicted molar refractivity (Wildman–Crippen MR) is 42.9 cm³/mol. The van der Waals surface area contributed by atoms with Gasteiger partial charge in [-0.15, -0.1) is 0 Å². The number of aromatic hydroxyl groups is 2. The molecule has 0 unspecified atom stereocenters. The maximum Gasteiger partial charge on any atom is 0.215 e. The van der Waals surface area contributed by atoms with Crippen LogP contribution in [0.2, 0.25) is 0 Å². The van der Waals surface area contributed by atoms with Gasteiger partial charge in [-0.05, 0) is 13.8 Å². The summed E-state index contributed by atoms with van der Waals surface area (Å²) in [6.07, 6.45) is 0. The molecule has 0 saturated carbocycles. The van der Waals surface area contributed by atoms with Crippen molar-refractivity contribution in [1.82, 2.24) is 4.98 Å². The first-order valence-corrected chi connectivity index (χ1v) is 3.47. The molecule has 0 aliphatic rings. The van der Waals surface area contributed by atoms with E-state index in [4.69, 9.17) is 10.2 Å². The molecular weight excluding hydrogens is 144 g/mol. The van der Waals surface area contributed by atoms with Gasteiger partial charge in [-0.25, -0.2) is 0 Å². The molecule has 0 aliphatic heterocycles. The first-order chi connectivity index (χ1) is 5.09. The van der Waals surface area contributed by atoms with Gasteiger partial charge in [0.1, 0.15) is 5.69 Å². The minimum absolute atomic E-state index is 0.0313. The quantitative estimate of drug-likeness (QED) is 0.521. The number of hydrogen-bond donors (Lipinski definition) is 4. The normalized spacial score (nSPS) is 10.5. The Balaban J connectivity index is 2.77. The van der Waals surface area contributed by atoms with Crippen molar-refractivity contribution in [1.29, 1.82) is 0 Å². The second-order valence-corrected chi connectivity index (χ2v) is 2.72. The highest BCUT2D eigenvalue weighted by Gasteiger charge is 2.05. The summed E-state index contributed by atoms with van der Waals surface area (Å²) in [7, 11) is 0. The van der Waals surface area contributed by atoms with Crippen LogP contribution in [0.15, 0.2) is 6.07 Å². The summed E-state index contributed by atoms with van der Waals surface area (Å²) in [5.41, 5.74) is 0.525. The molecule has 4 N–H and O–H groups in total. The maximum absolute atomic E-state index is 9.10. The van der Waals surface area contributed by atoms with Gasteiger partial charge < -0.3 is 15.5 Å². The third kappa shape index (κ3) is 1.80. The number of nitrogens with one attached hydrogen (secondary N) is 2. The van der Waals surface area contributed by atoms with Crippen LogP contribution in [0.3, 0.4) is 0 Å². The van der Waals surface area contributed by atoms with E-state index in [-0.39, 0.29) is 17.8 Å². The first-order valence-electron chi connectivity index (χ1n) is 3.47. The van der Waals surface area contributed by atoms with Gasteiger partial charge in [0.2, 0.25) is 5.88 Å². The van der Waals surface area contributed by atoms with E-state index in [1.54, 1.807) is 0 Å². The zero-order valence-electron chi connectivity index (χ0n) is 6.55. The highest BCUT2D eigenvalue weighted by Crippen LogP contribution is 2.27. The standard InChI is InChI=1S/C7H12N2O2/c1-4(2)8-5-3-6(10)9-7(5)11/h3-4,8-11H,1-2H3. The van der Waals surface area contributed by atoms with Crippen LogP contribution >= 0.6 is 0 Å². The monoisotopic (exact) mass is 156 g/mol. The number of aromatic amines is 1. The van der Waals surface area contributed by atoms with Crippen LogP contribution in [0.25, 0.3) is 0 Å². The van der Waals surface area contributed by atoms with Gasteiger partial charge in [0.15, 0.2) is 5.88 Å². The van der Waals surface area contributed by atoms with Crippen LogP contribution in [0.5, 0.6) is 11.8 Å². The van der Waals surface area contributed by atoms with E-state index >= 15 is 0 Å². The van der Waals surface area contributed by atoms with E-state index in [2.05, 4.69) is 10.3 Å². The molecule has 0 radical (unpaired) electrons. The Hall–Kier alpha value is -1.32. The van der Waals surface area contributed by atoms with E-state index in [1.165, 1.54) is 6.07 Å². The molecule has 0 fully saturated rings. The Labute approximate surface area is 64.9 Å². The van der Waals surface area contributed by atoms with Crippen molar-refractivity contribution in [2.75, 3.05) is 5.32 Å². The predicted octanol–water partition coefficient (Wildman–Crippen LogP) is 1.25. The average Bonchev–Trinajstić information content (AvgIpc) is 2.09. The van der Waals surface area contributed by atoms with Gasteiger partial charge in [0.25, 0.3) is 0 Å². The summed E-state index contributed by atoms with van der Waals surface area (Å²) in [5, 5.41) is 20.9. The van der Waals surface area contributed by atoms with Crippen LogP contribution in [0.1, 0.15) is 13.8 Å². The Morgan fingerprint density at radius 1 is 1.45 bits per heavy atom. The van der Waals surface area contributed by atoms with E-state index in [0.29, 0.717) is 5.69 Å². The topological polar surface area (TPSA) is 68.3 Å². The van der Waals surface area contributed by atoms with Crippen LogP contribution < -0.4 is 5.32 Å². The molecular formula is C7H12N2O2. The Morgan fingerprint density at radius 2 is 2.09 bits per heavy atom. The van der Waals surface area contributed by atoms with Crippen molar-refractivity contribution in [2.24, 2.45) is 0 Å². The summed E-state index contributed by atoms with van der Waals surface area (Å²) >= 11 is 0. The van der Waals surface area contributed by atoms with Gasteiger partial charge in [0, 0.05) is 12.1 Å². The molecule has 1 rings (SSSR count). The largest absolute Gasteiger partial charge is 0.494 e. The lowest BCUT2D eigenvalue weighted by Gasteiger charge is -2.06. The average molecular weight is 156 g/mol. The summed E-state index contributed by atoms with van der Waals surface area (Å²) in [6.45, 7) is 3.90. The lowest BCUT2D eigenvalue weighted by Crippen LogP contribution is -2.08. The zero-order valence-corrected chi connectivity index (χ0v) is 6.55. The SMILES string of the molecule is CC(C)Nc1cc(O)[nH]c1O. The minimum Gasteiger partial charge on any atom is -0.494 e. The fraction of sp³-hybridized carbons (Fsp3) is 0.429. The summed E-state index contributed by atoms with van der Waals surface area (Å²) in [6, 6.07) is 1.67. The number of H-pyrrole nitrogens is 1. The molecule has 0 atom stereocenters.